The Balaban J connectivity index is 2.08. The maximum atomic E-state index is 11.1. The van der Waals surface area contributed by atoms with Gasteiger partial charge in [-0.1, -0.05) is 23.9 Å². The summed E-state index contributed by atoms with van der Waals surface area (Å²) in [5.74, 6) is 1.14. The first-order valence-electron chi connectivity index (χ1n) is 5.23. The zero-order valence-electron chi connectivity index (χ0n) is 9.71. The molecular weight excluding hydrogens is 252 g/mol. The van der Waals surface area contributed by atoms with Crippen LogP contribution >= 0.6 is 11.8 Å². The van der Waals surface area contributed by atoms with Crippen molar-refractivity contribution < 1.29 is 9.84 Å². The molecule has 94 valence electrons. The molecule has 0 bridgehead atoms. The van der Waals surface area contributed by atoms with Gasteiger partial charge in [0.2, 0.25) is 5.88 Å². The quantitative estimate of drug-likeness (QED) is 0.650. The number of aromatic hydroxyl groups is 1. The molecule has 0 saturated carbocycles. The van der Waals surface area contributed by atoms with Crippen molar-refractivity contribution in [2.45, 2.75) is 10.9 Å². The Hall–Kier alpha value is -1.95. The molecule has 0 aliphatic carbocycles. The molecule has 1 aromatic heterocycles. The van der Waals surface area contributed by atoms with Crippen molar-refractivity contribution in [3.05, 3.63) is 46.2 Å². The summed E-state index contributed by atoms with van der Waals surface area (Å²) in [6.07, 6.45) is 0. The summed E-state index contributed by atoms with van der Waals surface area (Å²) >= 11 is 1.34. The Labute approximate surface area is 108 Å². The monoisotopic (exact) mass is 264 g/mol. The lowest BCUT2D eigenvalue weighted by Gasteiger charge is -2.04. The number of nitrogens with zero attached hydrogens (tertiary/aromatic N) is 1. The number of methoxy groups -OCH3 is 1. The fraction of sp³-hybridized carbons (Fsp3) is 0.167. The fourth-order valence-corrected chi connectivity index (χ4v) is 2.22. The lowest BCUT2D eigenvalue weighted by molar-refractivity contribution is 0.414. The molecule has 0 spiro atoms. The Kier molecular flexibility index (Phi) is 3.88. The molecular formula is C12H12N2O3S. The summed E-state index contributed by atoms with van der Waals surface area (Å²) in [5.41, 5.74) is 0.681. The van der Waals surface area contributed by atoms with Crippen molar-refractivity contribution >= 4 is 11.8 Å². The van der Waals surface area contributed by atoms with E-state index in [4.69, 9.17) is 4.74 Å². The van der Waals surface area contributed by atoms with Crippen molar-refractivity contribution in [1.29, 1.82) is 0 Å². The van der Waals surface area contributed by atoms with Crippen LogP contribution in [0.15, 0.2) is 40.3 Å². The second-order valence-corrected chi connectivity index (χ2v) is 4.51. The first-order valence-corrected chi connectivity index (χ1v) is 6.22. The Morgan fingerprint density at radius 3 is 3.00 bits per heavy atom. The molecule has 0 unspecified atom stereocenters. The Bertz CT molecular complexity index is 598. The van der Waals surface area contributed by atoms with Gasteiger partial charge in [0.05, 0.1) is 13.2 Å². The average molecular weight is 264 g/mol. The van der Waals surface area contributed by atoms with E-state index in [1.165, 1.54) is 11.8 Å². The topological polar surface area (TPSA) is 75.2 Å². The van der Waals surface area contributed by atoms with Crippen molar-refractivity contribution in [2.75, 3.05) is 7.11 Å². The van der Waals surface area contributed by atoms with E-state index in [-0.39, 0.29) is 11.4 Å². The third kappa shape index (κ3) is 3.27. The van der Waals surface area contributed by atoms with Gasteiger partial charge in [-0.3, -0.25) is 4.79 Å². The lowest BCUT2D eigenvalue weighted by atomic mass is 10.2. The van der Waals surface area contributed by atoms with Crippen LogP contribution in [0.25, 0.3) is 0 Å². The van der Waals surface area contributed by atoms with E-state index in [2.05, 4.69) is 9.97 Å². The molecule has 2 aromatic rings. The van der Waals surface area contributed by atoms with E-state index in [0.29, 0.717) is 10.9 Å². The molecule has 5 nitrogen and oxygen atoms in total. The zero-order valence-corrected chi connectivity index (χ0v) is 10.5. The predicted molar refractivity (Wildman–Crippen MR) is 69.1 cm³/mol. The first kappa shape index (κ1) is 12.5. The van der Waals surface area contributed by atoms with Gasteiger partial charge in [0.25, 0.3) is 5.56 Å². The van der Waals surface area contributed by atoms with Crippen LogP contribution in [0.1, 0.15) is 5.56 Å². The third-order valence-electron chi connectivity index (χ3n) is 2.22. The summed E-state index contributed by atoms with van der Waals surface area (Å²) in [7, 11) is 1.61. The lowest BCUT2D eigenvalue weighted by Crippen LogP contribution is -2.06. The highest BCUT2D eigenvalue weighted by Crippen LogP contribution is 2.21. The number of hydrogen-bond acceptors (Lipinski definition) is 5. The van der Waals surface area contributed by atoms with Gasteiger partial charge >= 0.3 is 0 Å². The van der Waals surface area contributed by atoms with Gasteiger partial charge in [0.1, 0.15) is 5.75 Å². The van der Waals surface area contributed by atoms with E-state index < -0.39 is 0 Å². The highest BCUT2D eigenvalue weighted by atomic mass is 32.2. The molecule has 0 atom stereocenters. The Morgan fingerprint density at radius 2 is 2.28 bits per heavy atom. The molecule has 0 saturated heterocycles. The van der Waals surface area contributed by atoms with Crippen LogP contribution in [0.4, 0.5) is 0 Å². The van der Waals surface area contributed by atoms with Crippen molar-refractivity contribution in [1.82, 2.24) is 9.97 Å². The molecule has 0 fully saturated rings. The normalized spacial score (nSPS) is 10.3. The molecule has 2 N–H and O–H groups in total. The first-order chi connectivity index (χ1) is 8.67. The summed E-state index contributed by atoms with van der Waals surface area (Å²) in [6.45, 7) is 0. The molecule has 1 heterocycles. The number of hydrogen-bond donors (Lipinski definition) is 2. The van der Waals surface area contributed by atoms with E-state index >= 15 is 0 Å². The number of ether oxygens (including phenoxy) is 1. The van der Waals surface area contributed by atoms with Gasteiger partial charge < -0.3 is 14.8 Å². The average Bonchev–Trinajstić information content (AvgIpc) is 2.35. The van der Waals surface area contributed by atoms with Crippen LogP contribution in [0, 0.1) is 0 Å². The van der Waals surface area contributed by atoms with Crippen LogP contribution in [0.2, 0.25) is 0 Å². The molecule has 0 radical (unpaired) electrons. The minimum Gasteiger partial charge on any atom is -0.497 e. The van der Waals surface area contributed by atoms with Gasteiger partial charge in [-0.05, 0) is 17.7 Å². The summed E-state index contributed by atoms with van der Waals surface area (Å²) in [5, 5.41) is 9.60. The summed E-state index contributed by atoms with van der Waals surface area (Å²) < 4.78 is 5.12. The standard InChI is InChI=1S/C12H12N2O3S/c1-17-9-4-2-3-8(5-9)7-18-12-13-10(15)6-11(16)14-12/h2-6H,7H2,1H3,(H2,13,14,15,16). The van der Waals surface area contributed by atoms with Crippen LogP contribution in [0.5, 0.6) is 11.6 Å². The zero-order chi connectivity index (χ0) is 13.0. The number of aromatic amines is 1. The minimum absolute atomic E-state index is 0.271. The Morgan fingerprint density at radius 1 is 1.44 bits per heavy atom. The van der Waals surface area contributed by atoms with Gasteiger partial charge in [-0.25, -0.2) is 0 Å². The smallest absolute Gasteiger partial charge is 0.255 e. The van der Waals surface area contributed by atoms with Crippen LogP contribution in [0.3, 0.4) is 0 Å². The van der Waals surface area contributed by atoms with Crippen LogP contribution in [-0.2, 0) is 5.75 Å². The van der Waals surface area contributed by atoms with Gasteiger partial charge in [0.15, 0.2) is 5.16 Å². The van der Waals surface area contributed by atoms with E-state index in [1.54, 1.807) is 7.11 Å². The van der Waals surface area contributed by atoms with Gasteiger partial charge in [-0.2, -0.15) is 4.98 Å². The number of rotatable bonds is 4. The predicted octanol–water partition coefficient (Wildman–Crippen LogP) is 1.78. The SMILES string of the molecule is COc1cccc(CSc2nc(O)cc(=O)[nH]2)c1. The molecule has 0 amide bonds. The molecule has 18 heavy (non-hydrogen) atoms. The highest BCUT2D eigenvalue weighted by Gasteiger charge is 2.02. The maximum Gasteiger partial charge on any atom is 0.255 e. The van der Waals surface area contributed by atoms with E-state index in [9.17, 15) is 9.90 Å². The number of benzene rings is 1. The molecule has 2 rings (SSSR count). The second-order valence-electron chi connectivity index (χ2n) is 3.55. The molecule has 1 aromatic carbocycles. The molecule has 6 heteroatoms. The number of aromatic nitrogens is 2. The minimum atomic E-state index is -0.365. The van der Waals surface area contributed by atoms with Gasteiger partial charge in [0, 0.05) is 5.75 Å². The van der Waals surface area contributed by atoms with Crippen LogP contribution in [-0.4, -0.2) is 22.2 Å². The maximum absolute atomic E-state index is 11.1. The number of nitrogens with one attached hydrogen (secondary N) is 1. The van der Waals surface area contributed by atoms with Gasteiger partial charge in [-0.15, -0.1) is 0 Å². The fourth-order valence-electron chi connectivity index (χ4n) is 1.41. The summed E-state index contributed by atoms with van der Waals surface area (Å²) in [6, 6.07) is 8.66. The van der Waals surface area contributed by atoms with Crippen molar-refractivity contribution in [3.8, 4) is 11.6 Å². The number of thioether (sulfide) groups is 1. The molecule has 0 aliphatic rings. The number of H-pyrrole nitrogens is 1. The van der Waals surface area contributed by atoms with Crippen LogP contribution < -0.4 is 10.3 Å². The summed E-state index contributed by atoms with van der Waals surface area (Å²) in [4.78, 5) is 17.5. The third-order valence-corrected chi connectivity index (χ3v) is 3.16. The van der Waals surface area contributed by atoms with E-state index in [1.807, 2.05) is 24.3 Å². The van der Waals surface area contributed by atoms with E-state index in [0.717, 1.165) is 17.4 Å². The van der Waals surface area contributed by atoms with Crippen molar-refractivity contribution in [3.63, 3.8) is 0 Å². The second kappa shape index (κ2) is 5.59. The van der Waals surface area contributed by atoms with Crippen molar-refractivity contribution in [2.24, 2.45) is 0 Å². The highest BCUT2D eigenvalue weighted by molar-refractivity contribution is 7.98. The molecule has 0 aliphatic heterocycles. The largest absolute Gasteiger partial charge is 0.497 e.